The molecule has 0 aliphatic rings. The topological polar surface area (TPSA) is 67.8 Å². The molecule has 2 N–H and O–H groups in total. The van der Waals surface area contributed by atoms with Crippen LogP contribution in [0.5, 0.6) is 5.75 Å². The van der Waals surface area contributed by atoms with E-state index in [9.17, 15) is 9.90 Å². The smallest absolute Gasteiger partial charge is 0.336 e. The van der Waals surface area contributed by atoms with Crippen LogP contribution < -0.4 is 5.32 Å². The summed E-state index contributed by atoms with van der Waals surface area (Å²) >= 11 is 0. The summed E-state index contributed by atoms with van der Waals surface area (Å²) in [5.74, 6) is -0.303. The zero-order valence-electron chi connectivity index (χ0n) is 19.8. The van der Waals surface area contributed by atoms with Crippen LogP contribution in [-0.4, -0.2) is 32.6 Å². The molecule has 0 amide bonds. The van der Waals surface area contributed by atoms with Gasteiger partial charge in [-0.1, -0.05) is 84.0 Å². The Morgan fingerprint density at radius 1 is 0.871 bits per heavy atom. The molecule has 2 aromatic carbocycles. The zero-order chi connectivity index (χ0) is 23.2. The van der Waals surface area contributed by atoms with Gasteiger partial charge in [0.05, 0.1) is 18.8 Å². The Hall–Kier alpha value is -2.31. The molecule has 0 unspecified atom stereocenters. The van der Waals surface area contributed by atoms with Crippen LogP contribution in [0.4, 0.5) is 5.69 Å². The first-order valence-electron chi connectivity index (χ1n) is 11.0. The van der Waals surface area contributed by atoms with Crippen molar-refractivity contribution in [2.24, 2.45) is 0 Å². The zero-order valence-corrected chi connectivity index (χ0v) is 20.8. The number of methoxy groups -OCH3 is 1. The number of carbonyl (C=O) groups is 1. The Balaban J connectivity index is 2.61. The quantitative estimate of drug-likeness (QED) is 0.257. The lowest BCUT2D eigenvalue weighted by Crippen LogP contribution is -2.54. The second-order valence-electron chi connectivity index (χ2n) is 8.93. The van der Waals surface area contributed by atoms with Crippen LogP contribution in [0.15, 0.2) is 54.6 Å². The summed E-state index contributed by atoms with van der Waals surface area (Å²) in [4.78, 5) is 13.1. The van der Waals surface area contributed by atoms with Crippen LogP contribution in [0.2, 0.25) is 16.6 Å². The average Bonchev–Trinajstić information content (AvgIpc) is 2.74. The molecule has 0 fully saturated rings. The first-order valence-corrected chi connectivity index (χ1v) is 13.1. The fourth-order valence-corrected chi connectivity index (χ4v) is 10.2. The third-order valence-electron chi connectivity index (χ3n) is 6.15. The van der Waals surface area contributed by atoms with Crippen molar-refractivity contribution in [1.82, 2.24) is 0 Å². The molecule has 0 aliphatic heterocycles. The molecule has 0 saturated heterocycles. The molecule has 2 rings (SSSR count). The van der Waals surface area contributed by atoms with Gasteiger partial charge in [0.25, 0.3) is 0 Å². The molecule has 2 atom stereocenters. The Labute approximate surface area is 187 Å². The van der Waals surface area contributed by atoms with E-state index in [1.165, 1.54) is 7.11 Å². The number of hydrogen-bond donors (Lipinski definition) is 2. The molecule has 5 nitrogen and oxygen atoms in total. The highest BCUT2D eigenvalue weighted by molar-refractivity contribution is 6.77. The summed E-state index contributed by atoms with van der Waals surface area (Å²) < 4.78 is 12.1. The van der Waals surface area contributed by atoms with Gasteiger partial charge in [0, 0.05) is 0 Å². The number of phenols is 1. The summed E-state index contributed by atoms with van der Waals surface area (Å²) in [5, 5.41) is 13.7. The maximum absolute atomic E-state index is 13.1. The van der Waals surface area contributed by atoms with Crippen molar-refractivity contribution in [2.45, 2.75) is 70.3 Å². The number of rotatable bonds is 10. The highest BCUT2D eigenvalue weighted by Crippen LogP contribution is 2.45. The van der Waals surface area contributed by atoms with E-state index in [0.717, 1.165) is 5.56 Å². The first kappa shape index (κ1) is 25.0. The predicted octanol–water partition coefficient (Wildman–Crippen LogP) is 6.28. The van der Waals surface area contributed by atoms with Crippen LogP contribution in [0.25, 0.3) is 0 Å². The van der Waals surface area contributed by atoms with Crippen molar-refractivity contribution in [3.63, 3.8) is 0 Å². The van der Waals surface area contributed by atoms with Gasteiger partial charge in [0.1, 0.15) is 5.75 Å². The van der Waals surface area contributed by atoms with E-state index in [1.807, 2.05) is 36.4 Å². The molecule has 0 saturated carbocycles. The lowest BCUT2D eigenvalue weighted by Gasteiger charge is -2.45. The number of carbonyl (C=O) groups excluding carboxylic acids is 1. The van der Waals surface area contributed by atoms with Crippen molar-refractivity contribution in [3.8, 4) is 5.75 Å². The molecule has 170 valence electrons. The molecule has 0 radical (unpaired) electrons. The van der Waals surface area contributed by atoms with E-state index >= 15 is 0 Å². The largest absolute Gasteiger partial charge is 0.506 e. The van der Waals surface area contributed by atoms with Gasteiger partial charge in [-0.3, -0.25) is 0 Å². The highest BCUT2D eigenvalue weighted by atomic mass is 28.4. The van der Waals surface area contributed by atoms with Gasteiger partial charge in [-0.25, -0.2) is 4.79 Å². The molecular weight excluding hydrogens is 406 g/mol. The molecule has 0 spiro atoms. The number of para-hydroxylation sites is 2. The number of benzene rings is 2. The van der Waals surface area contributed by atoms with Crippen LogP contribution in [0.1, 0.15) is 53.1 Å². The van der Waals surface area contributed by atoms with Crippen LogP contribution >= 0.6 is 0 Å². The standard InChI is InChI=1S/C25H37NO4Si/c1-17(2)31(18(3)4,19(5)6)30-24(25(28)29-7)23(20-13-9-8-10-14-20)26-21-15-11-12-16-22(21)27/h8-19,23-24,26-27H,1-7H3/t23-,24+/m0/s1. The van der Waals surface area contributed by atoms with E-state index in [0.29, 0.717) is 22.3 Å². The van der Waals surface area contributed by atoms with E-state index in [1.54, 1.807) is 18.2 Å². The minimum absolute atomic E-state index is 0.118. The van der Waals surface area contributed by atoms with Gasteiger partial charge in [-0.2, -0.15) is 0 Å². The Morgan fingerprint density at radius 2 is 1.39 bits per heavy atom. The van der Waals surface area contributed by atoms with E-state index < -0.39 is 26.4 Å². The second-order valence-corrected chi connectivity index (χ2v) is 14.3. The second kappa shape index (κ2) is 10.8. The lowest BCUT2D eigenvalue weighted by molar-refractivity contribution is -0.150. The number of aromatic hydroxyl groups is 1. The monoisotopic (exact) mass is 443 g/mol. The number of hydrogen-bond acceptors (Lipinski definition) is 5. The van der Waals surface area contributed by atoms with Crippen molar-refractivity contribution >= 4 is 20.0 Å². The minimum Gasteiger partial charge on any atom is -0.506 e. The van der Waals surface area contributed by atoms with Crippen molar-refractivity contribution in [1.29, 1.82) is 0 Å². The molecule has 2 aromatic rings. The molecule has 0 aliphatic carbocycles. The molecular formula is C25H37NO4Si. The number of ether oxygens (including phenoxy) is 1. The Bertz CT molecular complexity index is 817. The molecule has 0 bridgehead atoms. The highest BCUT2D eigenvalue weighted by Gasteiger charge is 2.49. The molecule has 0 aromatic heterocycles. The third-order valence-corrected chi connectivity index (χ3v) is 12.2. The average molecular weight is 444 g/mol. The third kappa shape index (κ3) is 5.49. The molecule has 6 heteroatoms. The van der Waals surface area contributed by atoms with Crippen LogP contribution in [0.3, 0.4) is 0 Å². The first-order chi connectivity index (χ1) is 14.6. The van der Waals surface area contributed by atoms with E-state index in [2.05, 4.69) is 46.9 Å². The van der Waals surface area contributed by atoms with Crippen LogP contribution in [0, 0.1) is 0 Å². The van der Waals surface area contributed by atoms with Crippen molar-refractivity contribution < 1.29 is 19.1 Å². The van der Waals surface area contributed by atoms with Crippen molar-refractivity contribution in [3.05, 3.63) is 60.2 Å². The maximum Gasteiger partial charge on any atom is 0.336 e. The van der Waals surface area contributed by atoms with Gasteiger partial charge in [-0.05, 0) is 34.3 Å². The number of esters is 1. The summed E-state index contributed by atoms with van der Waals surface area (Å²) in [7, 11) is -1.01. The maximum atomic E-state index is 13.1. The summed E-state index contributed by atoms with van der Waals surface area (Å²) in [5.41, 5.74) is 2.35. The van der Waals surface area contributed by atoms with Crippen LogP contribution in [-0.2, 0) is 14.0 Å². The number of phenolic OH excluding ortho intramolecular Hbond substituents is 1. The fourth-order valence-electron chi connectivity index (χ4n) is 4.75. The molecule has 0 heterocycles. The summed E-state index contributed by atoms with van der Waals surface area (Å²) in [6.07, 6.45) is -0.856. The normalized spacial score (nSPS) is 14.0. The SMILES string of the molecule is COC(=O)[C@H](O[Si](C(C)C)(C(C)C)C(C)C)[C@@H](Nc1ccccc1O)c1ccccc1. The summed E-state index contributed by atoms with van der Waals surface area (Å²) in [6, 6.07) is 16.2. The Kier molecular flexibility index (Phi) is 8.71. The van der Waals surface area contributed by atoms with Gasteiger partial charge in [0.2, 0.25) is 8.32 Å². The van der Waals surface area contributed by atoms with Gasteiger partial charge in [-0.15, -0.1) is 0 Å². The van der Waals surface area contributed by atoms with E-state index in [-0.39, 0.29) is 5.75 Å². The number of nitrogens with one attached hydrogen (secondary N) is 1. The Morgan fingerprint density at radius 3 is 1.87 bits per heavy atom. The summed E-state index contributed by atoms with van der Waals surface area (Å²) in [6.45, 7) is 13.1. The number of anilines is 1. The lowest BCUT2D eigenvalue weighted by atomic mass is 10.0. The van der Waals surface area contributed by atoms with Crippen molar-refractivity contribution in [2.75, 3.05) is 12.4 Å². The fraction of sp³-hybridized carbons (Fsp3) is 0.480. The van der Waals surface area contributed by atoms with Gasteiger partial charge < -0.3 is 19.6 Å². The van der Waals surface area contributed by atoms with Gasteiger partial charge >= 0.3 is 5.97 Å². The van der Waals surface area contributed by atoms with E-state index in [4.69, 9.17) is 9.16 Å². The minimum atomic E-state index is -2.40. The predicted molar refractivity (Wildman–Crippen MR) is 129 cm³/mol. The van der Waals surface area contributed by atoms with Gasteiger partial charge in [0.15, 0.2) is 6.10 Å². The molecule has 31 heavy (non-hydrogen) atoms.